The smallest absolute Gasteiger partial charge is 0.449 e. The van der Waals surface area contributed by atoms with Crippen molar-refractivity contribution in [1.82, 2.24) is 19.1 Å². The number of hydrogen-bond acceptors (Lipinski definition) is 4. The van der Waals surface area contributed by atoms with Gasteiger partial charge < -0.3 is 19.0 Å². The first-order valence-electron chi connectivity index (χ1n) is 12.6. The first-order chi connectivity index (χ1) is 18.0. The molecule has 0 unspecified atom stereocenters. The lowest BCUT2D eigenvalue weighted by Crippen LogP contribution is -2.05. The minimum absolute atomic E-state index is 0.321. The number of hydrogen-bond donors (Lipinski definition) is 1. The third kappa shape index (κ3) is 4.98. The Bertz CT molecular complexity index is 1560. The average Bonchev–Trinajstić information content (AvgIpc) is 3.51. The van der Waals surface area contributed by atoms with E-state index in [1.54, 1.807) is 12.1 Å². The van der Waals surface area contributed by atoms with Gasteiger partial charge >= 0.3 is 6.16 Å². The predicted molar refractivity (Wildman–Crippen MR) is 145 cm³/mol. The number of para-hydroxylation sites is 1. The number of rotatable bonds is 8. The van der Waals surface area contributed by atoms with E-state index in [2.05, 4.69) is 65.4 Å². The van der Waals surface area contributed by atoms with E-state index in [1.807, 2.05) is 30.6 Å². The second-order valence-electron chi connectivity index (χ2n) is 9.18. The van der Waals surface area contributed by atoms with Crippen LogP contribution >= 0.6 is 0 Å². The summed E-state index contributed by atoms with van der Waals surface area (Å²) in [6.07, 6.45) is 4.53. The molecule has 0 fully saturated rings. The van der Waals surface area contributed by atoms with Gasteiger partial charge in [-0.3, -0.25) is 0 Å². The van der Waals surface area contributed by atoms with Crippen LogP contribution in [-0.4, -0.2) is 30.4 Å². The number of benzene rings is 3. The second-order valence-corrected chi connectivity index (χ2v) is 9.18. The number of carbonyl (C=O) groups is 1. The van der Waals surface area contributed by atoms with Crippen molar-refractivity contribution in [3.63, 3.8) is 0 Å². The molecule has 0 aliphatic rings. The second kappa shape index (κ2) is 10.3. The molecule has 0 aliphatic carbocycles. The summed E-state index contributed by atoms with van der Waals surface area (Å²) in [7, 11) is 0. The molecule has 0 saturated carbocycles. The summed E-state index contributed by atoms with van der Waals surface area (Å²) in [4.78, 5) is 20.7. The third-order valence-corrected chi connectivity index (χ3v) is 6.58. The summed E-state index contributed by atoms with van der Waals surface area (Å²) >= 11 is 0. The van der Waals surface area contributed by atoms with Crippen molar-refractivity contribution >= 4 is 17.2 Å². The number of carboxylic acid groups (broad SMARTS) is 1. The Kier molecular flexibility index (Phi) is 6.77. The van der Waals surface area contributed by atoms with Crippen molar-refractivity contribution in [3.8, 4) is 28.1 Å². The van der Waals surface area contributed by atoms with Gasteiger partial charge in [0.2, 0.25) is 0 Å². The van der Waals surface area contributed by atoms with Gasteiger partial charge in [-0.15, -0.1) is 0 Å². The molecule has 5 aromatic rings. The zero-order valence-corrected chi connectivity index (χ0v) is 21.3. The van der Waals surface area contributed by atoms with Crippen molar-refractivity contribution in [2.24, 2.45) is 0 Å². The summed E-state index contributed by atoms with van der Waals surface area (Å²) in [6.45, 7) is 7.96. The molecule has 2 aromatic heterocycles. The number of nitrogens with zero attached hydrogens (tertiary/aromatic N) is 4. The van der Waals surface area contributed by atoms with E-state index in [0.29, 0.717) is 12.3 Å². The lowest BCUT2D eigenvalue weighted by molar-refractivity contribution is 0.144. The van der Waals surface area contributed by atoms with Crippen molar-refractivity contribution < 1.29 is 14.6 Å². The molecule has 1 N–H and O–H groups in total. The number of imidazole rings is 2. The van der Waals surface area contributed by atoms with Crippen molar-refractivity contribution in [1.29, 1.82) is 0 Å². The molecule has 5 rings (SSSR count). The molecule has 2 heterocycles. The zero-order chi connectivity index (χ0) is 25.9. The van der Waals surface area contributed by atoms with Gasteiger partial charge in [-0.25, -0.2) is 14.8 Å². The highest BCUT2D eigenvalue weighted by Crippen LogP contribution is 2.31. The minimum atomic E-state index is -1.32. The number of aromatic nitrogens is 4. The largest absolute Gasteiger partial charge is 0.511 e. The maximum Gasteiger partial charge on any atom is 0.511 e. The molecule has 0 spiro atoms. The monoisotopic (exact) mass is 494 g/mol. The summed E-state index contributed by atoms with van der Waals surface area (Å²) in [5.74, 6) is 1.39. The van der Waals surface area contributed by atoms with Gasteiger partial charge in [-0.1, -0.05) is 49.4 Å². The Hall–Kier alpha value is -4.39. The normalized spacial score (nSPS) is 11.2. The van der Waals surface area contributed by atoms with E-state index >= 15 is 0 Å². The molecule has 0 saturated heterocycles. The molecule has 3 aromatic carbocycles. The van der Waals surface area contributed by atoms with Crippen molar-refractivity contribution in [2.45, 2.75) is 46.7 Å². The zero-order valence-electron chi connectivity index (χ0n) is 21.3. The van der Waals surface area contributed by atoms with Gasteiger partial charge in [0.1, 0.15) is 11.6 Å². The van der Waals surface area contributed by atoms with Gasteiger partial charge in [0, 0.05) is 36.8 Å². The third-order valence-electron chi connectivity index (χ3n) is 6.58. The Morgan fingerprint density at radius 2 is 1.81 bits per heavy atom. The topological polar surface area (TPSA) is 82.2 Å². The fourth-order valence-corrected chi connectivity index (χ4v) is 4.72. The molecule has 37 heavy (non-hydrogen) atoms. The molecule has 0 atom stereocenters. The molecule has 7 heteroatoms. The van der Waals surface area contributed by atoms with Crippen LogP contribution in [0.4, 0.5) is 4.79 Å². The Balaban J connectivity index is 1.52. The lowest BCUT2D eigenvalue weighted by Gasteiger charge is -2.12. The van der Waals surface area contributed by atoms with Crippen LogP contribution in [-0.2, 0) is 19.5 Å². The SMILES string of the molecule is CCCc1nc2c(C)cc(-c3cn(CC)cn3)cc2n1Cc1ccc(-c2ccccc2OC(=O)O)cc1. The van der Waals surface area contributed by atoms with Gasteiger partial charge in [-0.05, 0) is 55.2 Å². The highest BCUT2D eigenvalue weighted by atomic mass is 16.7. The first-order valence-corrected chi connectivity index (χ1v) is 12.6. The first kappa shape index (κ1) is 24.3. The lowest BCUT2D eigenvalue weighted by atomic mass is 10.0. The quantitative estimate of drug-likeness (QED) is 0.186. The molecule has 0 bridgehead atoms. The molecule has 7 nitrogen and oxygen atoms in total. The van der Waals surface area contributed by atoms with E-state index in [4.69, 9.17) is 14.8 Å². The van der Waals surface area contributed by atoms with Crippen LogP contribution < -0.4 is 4.74 Å². The van der Waals surface area contributed by atoms with E-state index in [-0.39, 0.29) is 0 Å². The molecule has 0 aliphatic heterocycles. The van der Waals surface area contributed by atoms with Crippen LogP contribution in [0.5, 0.6) is 5.75 Å². The van der Waals surface area contributed by atoms with E-state index in [0.717, 1.165) is 69.8 Å². The Morgan fingerprint density at radius 3 is 2.51 bits per heavy atom. The van der Waals surface area contributed by atoms with Crippen molar-refractivity contribution in [3.05, 3.63) is 90.1 Å². The average molecular weight is 495 g/mol. The van der Waals surface area contributed by atoms with Gasteiger partial charge in [0.25, 0.3) is 0 Å². The maximum atomic E-state index is 11.1. The van der Waals surface area contributed by atoms with Crippen LogP contribution in [0.3, 0.4) is 0 Å². The van der Waals surface area contributed by atoms with E-state index in [1.165, 1.54) is 0 Å². The summed E-state index contributed by atoms with van der Waals surface area (Å²) in [5.41, 5.74) is 8.09. The summed E-state index contributed by atoms with van der Waals surface area (Å²) in [6, 6.07) is 19.7. The number of ether oxygens (including phenoxy) is 1. The number of fused-ring (bicyclic) bond motifs is 1. The highest BCUT2D eigenvalue weighted by Gasteiger charge is 2.16. The van der Waals surface area contributed by atoms with Crippen LogP contribution in [0.25, 0.3) is 33.4 Å². The highest BCUT2D eigenvalue weighted by molar-refractivity contribution is 5.85. The van der Waals surface area contributed by atoms with Crippen LogP contribution in [0.1, 0.15) is 37.2 Å². The molecule has 0 radical (unpaired) electrons. The van der Waals surface area contributed by atoms with E-state index < -0.39 is 6.16 Å². The minimum Gasteiger partial charge on any atom is -0.449 e. The standard InChI is InChI=1S/C30H30N4O3/c1-4-8-28-32-29-20(3)15-23(25-18-33(5-2)19-31-25)16-26(29)34(28)17-21-11-13-22(14-12-21)24-9-6-7-10-27(24)37-30(35)36/h6-7,9-16,18-19H,4-5,8,17H2,1-3H3,(H,35,36). The molecular formula is C30H30N4O3. The fraction of sp³-hybridized carbons (Fsp3) is 0.233. The summed E-state index contributed by atoms with van der Waals surface area (Å²) < 4.78 is 9.36. The van der Waals surface area contributed by atoms with E-state index in [9.17, 15) is 4.79 Å². The number of aryl methyl sites for hydroxylation is 3. The fourth-order valence-electron chi connectivity index (χ4n) is 4.72. The molecular weight excluding hydrogens is 464 g/mol. The van der Waals surface area contributed by atoms with Gasteiger partial charge in [0.05, 0.1) is 23.1 Å². The predicted octanol–water partition coefficient (Wildman–Crippen LogP) is 6.95. The van der Waals surface area contributed by atoms with Crippen LogP contribution in [0.2, 0.25) is 0 Å². The Labute approximate surface area is 216 Å². The maximum absolute atomic E-state index is 11.1. The van der Waals surface area contributed by atoms with Crippen LogP contribution in [0.15, 0.2) is 73.2 Å². The van der Waals surface area contributed by atoms with Gasteiger partial charge in [-0.2, -0.15) is 0 Å². The molecule has 0 amide bonds. The summed E-state index contributed by atoms with van der Waals surface area (Å²) in [5, 5.41) is 9.07. The molecule has 188 valence electrons. The Morgan fingerprint density at radius 1 is 1.03 bits per heavy atom. The van der Waals surface area contributed by atoms with Gasteiger partial charge in [0.15, 0.2) is 0 Å². The van der Waals surface area contributed by atoms with Crippen molar-refractivity contribution in [2.75, 3.05) is 0 Å². The van der Waals surface area contributed by atoms with Crippen LogP contribution in [0, 0.1) is 6.92 Å².